The molecule has 140 valence electrons. The average molecular weight is 394 g/mol. The summed E-state index contributed by atoms with van der Waals surface area (Å²) in [6.07, 6.45) is 0. The predicted molar refractivity (Wildman–Crippen MR) is 103 cm³/mol. The van der Waals surface area contributed by atoms with Crippen molar-refractivity contribution in [2.45, 2.75) is 23.3 Å². The molecule has 2 aromatic carbocycles. The van der Waals surface area contributed by atoms with Crippen LogP contribution in [-0.4, -0.2) is 43.2 Å². The summed E-state index contributed by atoms with van der Waals surface area (Å²) in [6.45, 7) is 3.58. The number of nitrogens with zero attached hydrogens (tertiary/aromatic N) is 1. The molecular weight excluding hydrogens is 370 g/mol. The van der Waals surface area contributed by atoms with Gasteiger partial charge >= 0.3 is 0 Å². The first-order chi connectivity index (χ1) is 12.4. The minimum atomic E-state index is -3.53. The summed E-state index contributed by atoms with van der Waals surface area (Å²) in [5.41, 5.74) is 2.95. The number of hydrogen-bond acceptors (Lipinski definition) is 4. The second-order valence-corrected chi connectivity index (χ2v) is 9.77. The molecule has 0 radical (unpaired) electrons. The molecule has 1 saturated heterocycles. The lowest BCUT2D eigenvalue weighted by atomic mass is 10.2. The molecule has 7 heteroatoms. The van der Waals surface area contributed by atoms with Gasteiger partial charge < -0.3 is 4.74 Å². The largest absolute Gasteiger partial charge is 0.379 e. The third-order valence-electron chi connectivity index (χ3n) is 4.28. The molecule has 2 aromatic rings. The highest BCUT2D eigenvalue weighted by molar-refractivity contribution is 7.89. The van der Waals surface area contributed by atoms with Crippen LogP contribution in [-0.2, 0) is 37.1 Å². The lowest BCUT2D eigenvalue weighted by Gasteiger charge is -2.26. The predicted octanol–water partition coefficient (Wildman–Crippen LogP) is 2.46. The van der Waals surface area contributed by atoms with E-state index in [-0.39, 0.29) is 4.90 Å². The highest BCUT2D eigenvalue weighted by Crippen LogP contribution is 2.19. The van der Waals surface area contributed by atoms with Crippen LogP contribution in [0.2, 0.25) is 0 Å². The molecule has 0 bridgehead atoms. The van der Waals surface area contributed by atoms with Gasteiger partial charge in [-0.1, -0.05) is 42.0 Å². The lowest BCUT2D eigenvalue weighted by Crippen LogP contribution is -2.40. The summed E-state index contributed by atoms with van der Waals surface area (Å²) in [5, 5.41) is 0. The third kappa shape index (κ3) is 4.79. The fourth-order valence-electron chi connectivity index (χ4n) is 2.84. The minimum Gasteiger partial charge on any atom is -0.379 e. The van der Waals surface area contributed by atoms with Gasteiger partial charge in [0, 0.05) is 35.4 Å². The second-order valence-electron chi connectivity index (χ2n) is 6.38. The van der Waals surface area contributed by atoms with Crippen molar-refractivity contribution < 1.29 is 17.4 Å². The van der Waals surface area contributed by atoms with E-state index in [1.807, 2.05) is 37.3 Å². The van der Waals surface area contributed by atoms with Crippen molar-refractivity contribution in [3.8, 4) is 0 Å². The van der Waals surface area contributed by atoms with Gasteiger partial charge in [-0.2, -0.15) is 4.31 Å². The first-order valence-electron chi connectivity index (χ1n) is 8.52. The zero-order valence-electron chi connectivity index (χ0n) is 14.8. The van der Waals surface area contributed by atoms with Crippen LogP contribution in [0.5, 0.6) is 0 Å². The fraction of sp³-hybridized carbons (Fsp3) is 0.368. The zero-order valence-corrected chi connectivity index (χ0v) is 16.4. The van der Waals surface area contributed by atoms with E-state index in [2.05, 4.69) is 0 Å². The minimum absolute atomic E-state index is 0.254. The van der Waals surface area contributed by atoms with Gasteiger partial charge in [-0.3, -0.25) is 4.21 Å². The van der Waals surface area contributed by atoms with E-state index in [0.29, 0.717) is 37.8 Å². The van der Waals surface area contributed by atoms with Crippen molar-refractivity contribution in [1.29, 1.82) is 0 Å². The third-order valence-corrected chi connectivity index (χ3v) is 7.49. The zero-order chi connectivity index (χ0) is 18.6. The van der Waals surface area contributed by atoms with Crippen LogP contribution in [0.25, 0.3) is 0 Å². The number of sulfonamides is 1. The Bertz CT molecular complexity index is 873. The van der Waals surface area contributed by atoms with E-state index >= 15 is 0 Å². The monoisotopic (exact) mass is 393 g/mol. The van der Waals surface area contributed by atoms with E-state index in [4.69, 9.17) is 4.74 Å². The molecule has 1 atom stereocenters. The number of hydrogen-bond donors (Lipinski definition) is 0. The van der Waals surface area contributed by atoms with Crippen molar-refractivity contribution in [3.63, 3.8) is 0 Å². The molecular formula is C19H23NO4S2. The highest BCUT2D eigenvalue weighted by Gasteiger charge is 2.26. The molecule has 1 fully saturated rings. The topological polar surface area (TPSA) is 63.7 Å². The van der Waals surface area contributed by atoms with Crippen LogP contribution in [0.4, 0.5) is 0 Å². The number of morpholine rings is 1. The van der Waals surface area contributed by atoms with Crippen LogP contribution >= 0.6 is 0 Å². The van der Waals surface area contributed by atoms with E-state index in [9.17, 15) is 12.6 Å². The Balaban J connectivity index is 1.70. The first kappa shape index (κ1) is 19.2. The van der Waals surface area contributed by atoms with Gasteiger partial charge in [0.1, 0.15) is 0 Å². The van der Waals surface area contributed by atoms with Gasteiger partial charge in [0.05, 0.1) is 18.1 Å². The van der Waals surface area contributed by atoms with Gasteiger partial charge in [-0.25, -0.2) is 8.42 Å². The van der Waals surface area contributed by atoms with Crippen molar-refractivity contribution in [2.75, 3.05) is 26.3 Å². The molecule has 3 rings (SSSR count). The standard InChI is InChI=1S/C19H23NO4S2/c1-16-5-7-17(8-6-16)14-25(21)15-18-3-2-4-19(13-18)26(22,23)20-9-11-24-12-10-20/h2-8,13H,9-12,14-15H2,1H3. The van der Waals surface area contributed by atoms with Crippen molar-refractivity contribution in [3.05, 3.63) is 65.2 Å². The van der Waals surface area contributed by atoms with E-state index < -0.39 is 20.8 Å². The van der Waals surface area contributed by atoms with Crippen molar-refractivity contribution in [2.24, 2.45) is 0 Å². The molecule has 0 aromatic heterocycles. The molecule has 5 nitrogen and oxygen atoms in total. The Kier molecular flexibility index (Phi) is 6.24. The maximum absolute atomic E-state index is 12.7. The summed E-state index contributed by atoms with van der Waals surface area (Å²) in [7, 11) is -4.63. The number of benzene rings is 2. The fourth-order valence-corrected chi connectivity index (χ4v) is 5.54. The summed E-state index contributed by atoms with van der Waals surface area (Å²) >= 11 is 0. The van der Waals surface area contributed by atoms with Crippen LogP contribution in [0.1, 0.15) is 16.7 Å². The molecule has 0 amide bonds. The quantitative estimate of drug-likeness (QED) is 0.756. The van der Waals surface area contributed by atoms with Crippen LogP contribution in [0, 0.1) is 6.92 Å². The first-order valence-corrected chi connectivity index (χ1v) is 11.5. The molecule has 1 aliphatic rings. The summed E-state index contributed by atoms with van der Waals surface area (Å²) < 4.78 is 44.6. The lowest BCUT2D eigenvalue weighted by molar-refractivity contribution is 0.0730. The Morgan fingerprint density at radius 3 is 2.35 bits per heavy atom. The van der Waals surface area contributed by atoms with Crippen LogP contribution < -0.4 is 0 Å². The van der Waals surface area contributed by atoms with Crippen molar-refractivity contribution in [1.82, 2.24) is 4.31 Å². The van der Waals surface area contributed by atoms with Crippen LogP contribution in [0.15, 0.2) is 53.4 Å². The molecule has 1 heterocycles. The molecule has 1 unspecified atom stereocenters. The van der Waals surface area contributed by atoms with E-state index in [1.165, 1.54) is 9.87 Å². The van der Waals surface area contributed by atoms with Gasteiger partial charge in [0.25, 0.3) is 0 Å². The molecule has 0 aliphatic carbocycles. The Morgan fingerprint density at radius 1 is 1.00 bits per heavy atom. The summed E-state index contributed by atoms with van der Waals surface area (Å²) in [5.74, 6) is 0.793. The van der Waals surface area contributed by atoms with Crippen molar-refractivity contribution >= 4 is 20.8 Å². The molecule has 1 aliphatic heterocycles. The molecule has 0 N–H and O–H groups in total. The Hall–Kier alpha value is -1.54. The summed E-state index contributed by atoms with van der Waals surface area (Å²) in [4.78, 5) is 0.254. The Morgan fingerprint density at radius 2 is 1.65 bits per heavy atom. The normalized spacial score (nSPS) is 17.1. The highest BCUT2D eigenvalue weighted by atomic mass is 32.2. The molecule has 0 spiro atoms. The van der Waals surface area contributed by atoms with Gasteiger partial charge in [0.15, 0.2) is 0 Å². The van der Waals surface area contributed by atoms with Gasteiger partial charge in [-0.05, 0) is 30.2 Å². The average Bonchev–Trinajstić information content (AvgIpc) is 2.64. The molecule has 0 saturated carbocycles. The van der Waals surface area contributed by atoms with Gasteiger partial charge in [0.2, 0.25) is 10.0 Å². The smallest absolute Gasteiger partial charge is 0.243 e. The number of ether oxygens (including phenoxy) is 1. The Labute approximate surface area is 157 Å². The molecule has 26 heavy (non-hydrogen) atoms. The van der Waals surface area contributed by atoms with E-state index in [0.717, 1.165) is 11.1 Å². The van der Waals surface area contributed by atoms with Gasteiger partial charge in [-0.15, -0.1) is 0 Å². The summed E-state index contributed by atoms with van der Waals surface area (Å²) in [6, 6.07) is 14.7. The number of aryl methyl sites for hydroxylation is 1. The second kappa shape index (κ2) is 8.43. The SMILES string of the molecule is Cc1ccc(CS(=O)Cc2cccc(S(=O)(=O)N3CCOCC3)c2)cc1. The maximum Gasteiger partial charge on any atom is 0.243 e. The van der Waals surface area contributed by atoms with Crippen LogP contribution in [0.3, 0.4) is 0 Å². The van der Waals surface area contributed by atoms with E-state index in [1.54, 1.807) is 18.2 Å². The maximum atomic E-state index is 12.7. The number of rotatable bonds is 6.